The second-order valence-electron chi connectivity index (χ2n) is 14.3. The van der Waals surface area contributed by atoms with Gasteiger partial charge in [0, 0.05) is 64.5 Å². The molecule has 2 aliphatic rings. The molecule has 27 heteroatoms. The number of carbonyl (C=O) groups excluding carboxylic acids is 3. The highest BCUT2D eigenvalue weighted by atomic mass is 35.5. The number of carbonyl (C=O) groups is 4. The van der Waals surface area contributed by atoms with E-state index in [0.29, 0.717) is 45.5 Å². The number of amides is 1. The number of carboxylic acids is 1. The Bertz CT molecular complexity index is 2440. The maximum Gasteiger partial charge on any atom is 0.436 e. The first kappa shape index (κ1) is 54.2. The predicted octanol–water partition coefficient (Wildman–Crippen LogP) is 7.15. The summed E-state index contributed by atoms with van der Waals surface area (Å²) in [7, 11) is 5.63. The van der Waals surface area contributed by atoms with Crippen molar-refractivity contribution in [2.24, 2.45) is 0 Å². The zero-order chi connectivity index (χ0) is 50.1. The fraction of sp³-hybridized carbons (Fsp3) is 0.450. The zero-order valence-corrected chi connectivity index (χ0v) is 39.5. The van der Waals surface area contributed by atoms with Crippen LogP contribution in [0.2, 0.25) is 20.1 Å². The maximum absolute atomic E-state index is 13.0. The number of hydrogen-bond donors (Lipinski definition) is 2. The van der Waals surface area contributed by atoms with Crippen molar-refractivity contribution in [1.29, 1.82) is 0 Å². The van der Waals surface area contributed by atoms with Crippen LogP contribution in [-0.2, 0) is 44.5 Å². The molecule has 1 amide bonds. The number of anilines is 2. The topological polar surface area (TPSA) is 183 Å². The minimum absolute atomic E-state index is 0.0219. The number of benzene rings is 2. The number of aliphatic carboxylic acids is 1. The van der Waals surface area contributed by atoms with E-state index in [4.69, 9.17) is 70.5 Å². The number of esters is 2. The average Bonchev–Trinajstić information content (AvgIpc) is 3.74. The van der Waals surface area contributed by atoms with Gasteiger partial charge in [-0.2, -0.15) is 36.5 Å². The summed E-state index contributed by atoms with van der Waals surface area (Å²) in [6.07, 6.45) is -9.38. The van der Waals surface area contributed by atoms with Gasteiger partial charge in [-0.1, -0.05) is 46.4 Å². The van der Waals surface area contributed by atoms with Crippen molar-refractivity contribution in [3.63, 3.8) is 0 Å². The summed E-state index contributed by atoms with van der Waals surface area (Å²) >= 11 is 23.4. The molecule has 17 nitrogen and oxygen atoms in total. The molecule has 2 aliphatic heterocycles. The van der Waals surface area contributed by atoms with Crippen LogP contribution in [0.1, 0.15) is 43.5 Å². The maximum atomic E-state index is 13.0. The summed E-state index contributed by atoms with van der Waals surface area (Å²) in [5.74, 6) is -1.71. The summed E-state index contributed by atoms with van der Waals surface area (Å²) in [6, 6.07) is 6.48. The average molecular weight is 1040 g/mol. The largest absolute Gasteiger partial charge is 0.495 e. The van der Waals surface area contributed by atoms with E-state index in [0.717, 1.165) is 36.5 Å². The highest BCUT2D eigenvalue weighted by molar-refractivity contribution is 6.33. The molecule has 0 bridgehead atoms. The Hall–Kier alpha value is -5.36. The molecule has 2 N–H and O–H groups in total. The number of alkyl halides is 6. The quantitative estimate of drug-likeness (QED) is 0.121. The Kier molecular flexibility index (Phi) is 18.7. The third-order valence-electron chi connectivity index (χ3n) is 10.2. The number of rotatable bonds is 10. The first-order valence-corrected chi connectivity index (χ1v) is 21.1. The normalized spacial score (nSPS) is 14.1. The minimum atomic E-state index is -4.71. The second kappa shape index (κ2) is 23.1. The first-order chi connectivity index (χ1) is 31.4. The molecule has 6 rings (SSSR count). The van der Waals surface area contributed by atoms with E-state index >= 15 is 0 Å². The van der Waals surface area contributed by atoms with Crippen molar-refractivity contribution in [1.82, 2.24) is 29.8 Å². The van der Waals surface area contributed by atoms with Crippen molar-refractivity contribution < 1.29 is 69.6 Å². The first-order valence-electron chi connectivity index (χ1n) is 19.6. The van der Waals surface area contributed by atoms with Gasteiger partial charge in [-0.05, 0) is 26.0 Å². The molecule has 0 aliphatic carbocycles. The summed E-state index contributed by atoms with van der Waals surface area (Å²) in [5.41, 5.74) is -0.373. The van der Waals surface area contributed by atoms with Gasteiger partial charge < -0.3 is 44.1 Å². The number of piperazine rings is 2. The SMILES string of the molecule is COC(=O)c1cc(Cl)c(OC)cc1N1CCN(C(=O)Cn2nc(C(F)(F)F)c(Cl)c2C)CC1.COC(=O)c1cc(Cl)c(OC)cc1N1CCNCC1.Cc1c(Cl)c(C(F)(F)F)nn1CC(=O)O. The van der Waals surface area contributed by atoms with E-state index in [-0.39, 0.29) is 41.6 Å². The fourth-order valence-corrected chi connectivity index (χ4v) is 7.61. The Morgan fingerprint density at radius 2 is 1.03 bits per heavy atom. The van der Waals surface area contributed by atoms with Crippen molar-refractivity contribution in [2.45, 2.75) is 39.3 Å². The number of aromatic nitrogens is 4. The van der Waals surface area contributed by atoms with Crippen molar-refractivity contribution >= 4 is 81.6 Å². The van der Waals surface area contributed by atoms with Crippen LogP contribution >= 0.6 is 46.4 Å². The molecule has 0 radical (unpaired) electrons. The van der Waals surface area contributed by atoms with Crippen LogP contribution in [0.5, 0.6) is 11.5 Å². The molecule has 2 aromatic heterocycles. The predicted molar refractivity (Wildman–Crippen MR) is 234 cm³/mol. The molecule has 0 atom stereocenters. The Morgan fingerprint density at radius 3 is 1.37 bits per heavy atom. The molecule has 2 aromatic carbocycles. The third-order valence-corrected chi connectivity index (χ3v) is 11.7. The van der Waals surface area contributed by atoms with Crippen molar-refractivity contribution in [3.8, 4) is 11.5 Å². The van der Waals surface area contributed by atoms with Gasteiger partial charge in [0.05, 0.1) is 82.4 Å². The number of methoxy groups -OCH3 is 4. The number of nitrogens with one attached hydrogen (secondary N) is 1. The van der Waals surface area contributed by atoms with Crippen LogP contribution in [0.3, 0.4) is 0 Å². The minimum Gasteiger partial charge on any atom is -0.495 e. The van der Waals surface area contributed by atoms with E-state index in [9.17, 15) is 45.5 Å². The van der Waals surface area contributed by atoms with Crippen molar-refractivity contribution in [3.05, 3.63) is 78.3 Å². The Labute approximate surface area is 399 Å². The number of carboxylic acid groups (broad SMARTS) is 1. The monoisotopic (exact) mass is 1030 g/mol. The summed E-state index contributed by atoms with van der Waals surface area (Å²) in [5, 5.41) is 17.8. The fourth-order valence-electron chi connectivity index (χ4n) is 6.65. The standard InChI is InChI=1S/C20H21Cl2F3N4O4.C13H17ClN2O3.C7H6ClF3N2O2/c1-11-17(22)18(20(23,24)25)26-29(11)10-16(30)28-6-4-27(5-7-28)14-9-15(32-2)13(21)8-12(14)19(31)33-3;1-18-12-8-11(16-5-3-15-4-6-16)9(7-10(12)14)13(17)19-2;1-3-5(8)6(7(9,10)11)12-13(3)2-4(14)15/h8-9H,4-7,10H2,1-3H3;7-8,15H,3-6H2,1-2H3;2H2,1H3,(H,14,15). The van der Waals surface area contributed by atoms with E-state index in [2.05, 4.69) is 20.4 Å². The lowest BCUT2D eigenvalue weighted by molar-refractivity contribution is -0.143. The molecule has 2 saturated heterocycles. The lowest BCUT2D eigenvalue weighted by atomic mass is 10.1. The van der Waals surface area contributed by atoms with Crippen LogP contribution in [-0.4, -0.2) is 134 Å². The van der Waals surface area contributed by atoms with E-state index < -0.39 is 64.1 Å². The van der Waals surface area contributed by atoms with Gasteiger partial charge in [0.15, 0.2) is 11.4 Å². The summed E-state index contributed by atoms with van der Waals surface area (Å²) in [4.78, 5) is 52.6. The molecule has 4 heterocycles. The number of hydrogen-bond acceptors (Lipinski definition) is 13. The molecular weight excluding hydrogens is 992 g/mol. The van der Waals surface area contributed by atoms with E-state index in [1.165, 1.54) is 46.1 Å². The second-order valence-corrected chi connectivity index (χ2v) is 15.9. The highest BCUT2D eigenvalue weighted by Crippen LogP contribution is 2.38. The van der Waals surface area contributed by atoms with Gasteiger partial charge in [-0.25, -0.2) is 9.59 Å². The zero-order valence-electron chi connectivity index (χ0n) is 36.5. The summed E-state index contributed by atoms with van der Waals surface area (Å²) in [6.45, 7) is 6.34. The van der Waals surface area contributed by atoms with Gasteiger partial charge in [-0.15, -0.1) is 0 Å². The molecule has 2 fully saturated rings. The van der Waals surface area contributed by atoms with Gasteiger partial charge in [0.1, 0.15) is 24.6 Å². The molecule has 0 saturated carbocycles. The van der Waals surface area contributed by atoms with Gasteiger partial charge in [0.2, 0.25) is 5.91 Å². The van der Waals surface area contributed by atoms with E-state index in [1.807, 2.05) is 4.90 Å². The van der Waals surface area contributed by atoms with Gasteiger partial charge in [-0.3, -0.25) is 19.0 Å². The van der Waals surface area contributed by atoms with Gasteiger partial charge >= 0.3 is 30.3 Å². The molecule has 67 heavy (non-hydrogen) atoms. The lowest BCUT2D eigenvalue weighted by Gasteiger charge is -2.37. The molecule has 0 spiro atoms. The van der Waals surface area contributed by atoms with Crippen LogP contribution in [0, 0.1) is 13.8 Å². The smallest absolute Gasteiger partial charge is 0.436 e. The highest BCUT2D eigenvalue weighted by Gasteiger charge is 2.39. The third kappa shape index (κ3) is 13.4. The molecular formula is C40H44Cl4F6N8O9. The number of ether oxygens (including phenoxy) is 4. The Balaban J connectivity index is 0.000000243. The molecule has 368 valence electrons. The van der Waals surface area contributed by atoms with E-state index in [1.54, 1.807) is 25.3 Å². The molecule has 0 unspecified atom stereocenters. The van der Waals surface area contributed by atoms with Crippen LogP contribution in [0.4, 0.5) is 37.7 Å². The van der Waals surface area contributed by atoms with Crippen molar-refractivity contribution in [2.75, 3.05) is 90.6 Å². The number of halogens is 10. The van der Waals surface area contributed by atoms with Crippen LogP contribution < -0.4 is 24.6 Å². The Morgan fingerprint density at radius 1 is 0.642 bits per heavy atom. The van der Waals surface area contributed by atoms with Crippen LogP contribution in [0.25, 0.3) is 0 Å². The van der Waals surface area contributed by atoms with Crippen LogP contribution in [0.15, 0.2) is 24.3 Å². The van der Waals surface area contributed by atoms with Gasteiger partial charge in [0.25, 0.3) is 0 Å². The molecule has 4 aromatic rings. The number of nitrogens with zero attached hydrogens (tertiary/aromatic N) is 7. The summed E-state index contributed by atoms with van der Waals surface area (Å²) < 4.78 is 97.7. The lowest BCUT2D eigenvalue weighted by Crippen LogP contribution is -2.50.